The molecule has 0 amide bonds. The summed E-state index contributed by atoms with van der Waals surface area (Å²) in [6, 6.07) is 11.7. The fraction of sp³-hybridized carbons (Fsp3) is 0.200. The second-order valence-electron chi connectivity index (χ2n) is 5.51. The van der Waals surface area contributed by atoms with Crippen LogP contribution in [0.5, 0.6) is 11.5 Å². The van der Waals surface area contributed by atoms with Gasteiger partial charge in [-0.2, -0.15) is 0 Å². The maximum absolute atomic E-state index is 12.9. The number of ether oxygens (including phenoxy) is 4. The van der Waals surface area contributed by atoms with E-state index in [1.807, 2.05) is 0 Å². The summed E-state index contributed by atoms with van der Waals surface area (Å²) < 4.78 is 26.7. The van der Waals surface area contributed by atoms with E-state index in [0.717, 1.165) is 0 Å². The van der Waals surface area contributed by atoms with Gasteiger partial charge in [0.05, 0.1) is 25.2 Å². The lowest BCUT2D eigenvalue weighted by atomic mass is 10.0. The van der Waals surface area contributed by atoms with E-state index in [9.17, 15) is 9.59 Å². The lowest BCUT2D eigenvalue weighted by molar-refractivity contribution is 0.0495. The van der Waals surface area contributed by atoms with E-state index < -0.39 is 11.4 Å². The molecular weight excluding hydrogens is 352 g/mol. The van der Waals surface area contributed by atoms with Crippen LogP contribution in [-0.2, 0) is 9.47 Å². The van der Waals surface area contributed by atoms with Crippen LogP contribution in [0.15, 0.2) is 51.7 Å². The number of hydrogen-bond acceptors (Lipinski definition) is 7. The van der Waals surface area contributed by atoms with Crippen molar-refractivity contribution < 1.29 is 28.2 Å². The van der Waals surface area contributed by atoms with Crippen molar-refractivity contribution in [3.05, 3.63) is 58.3 Å². The molecule has 0 atom stereocenters. The number of methoxy groups -OCH3 is 3. The van der Waals surface area contributed by atoms with Crippen molar-refractivity contribution in [1.29, 1.82) is 0 Å². The van der Waals surface area contributed by atoms with E-state index in [1.165, 1.54) is 21.3 Å². The van der Waals surface area contributed by atoms with Gasteiger partial charge in [0.1, 0.15) is 5.58 Å². The lowest BCUT2D eigenvalue weighted by Gasteiger charge is -2.15. The zero-order valence-corrected chi connectivity index (χ0v) is 15.1. The first-order valence-corrected chi connectivity index (χ1v) is 8.05. The number of carbonyl (C=O) groups excluding carboxylic acids is 1. The van der Waals surface area contributed by atoms with Crippen molar-refractivity contribution >= 4 is 16.9 Å². The monoisotopic (exact) mass is 370 g/mol. The number of hydrogen-bond donors (Lipinski definition) is 0. The summed E-state index contributed by atoms with van der Waals surface area (Å²) in [7, 11) is 4.16. The maximum Gasteiger partial charge on any atom is 0.345 e. The Morgan fingerprint density at radius 1 is 1.04 bits per heavy atom. The molecule has 0 aliphatic rings. The summed E-state index contributed by atoms with van der Waals surface area (Å²) in [5, 5.41) is 0.281. The van der Waals surface area contributed by atoms with Crippen LogP contribution in [0.1, 0.15) is 10.4 Å². The van der Waals surface area contributed by atoms with Crippen LogP contribution in [0, 0.1) is 0 Å². The van der Waals surface area contributed by atoms with Crippen LogP contribution >= 0.6 is 0 Å². The van der Waals surface area contributed by atoms with Crippen LogP contribution < -0.4 is 14.9 Å². The van der Waals surface area contributed by atoms with Crippen LogP contribution in [0.4, 0.5) is 0 Å². The van der Waals surface area contributed by atoms with Crippen molar-refractivity contribution in [2.75, 3.05) is 28.1 Å². The summed E-state index contributed by atoms with van der Waals surface area (Å²) >= 11 is 0. The number of carbonyl (C=O) groups is 1. The summed E-state index contributed by atoms with van der Waals surface area (Å²) in [4.78, 5) is 25.3. The fourth-order valence-corrected chi connectivity index (χ4v) is 2.74. The van der Waals surface area contributed by atoms with Crippen LogP contribution in [0.25, 0.3) is 22.3 Å². The molecule has 0 aliphatic carbocycles. The summed E-state index contributed by atoms with van der Waals surface area (Å²) in [6.45, 7) is -0.0568. The molecule has 140 valence electrons. The highest BCUT2D eigenvalue weighted by atomic mass is 16.7. The Labute approximate surface area is 155 Å². The molecule has 3 rings (SSSR count). The predicted molar refractivity (Wildman–Crippen MR) is 98.3 cm³/mol. The van der Waals surface area contributed by atoms with Crippen LogP contribution in [0.3, 0.4) is 0 Å². The SMILES string of the molecule is COCOc1c(OC)cccc1-c1oc2ccccc2c(=O)c1C(=O)OC. The van der Waals surface area contributed by atoms with Crippen LogP contribution in [0.2, 0.25) is 0 Å². The second-order valence-corrected chi connectivity index (χ2v) is 5.51. The van der Waals surface area contributed by atoms with Crippen molar-refractivity contribution in [3.63, 3.8) is 0 Å². The molecule has 0 bridgehead atoms. The molecular formula is C20H18O7. The average Bonchev–Trinajstić information content (AvgIpc) is 2.71. The smallest absolute Gasteiger partial charge is 0.345 e. The van der Waals surface area contributed by atoms with Gasteiger partial charge in [0.15, 0.2) is 29.6 Å². The third-order valence-electron chi connectivity index (χ3n) is 3.95. The Hall–Kier alpha value is -3.32. The van der Waals surface area contributed by atoms with Crippen molar-refractivity contribution in [3.8, 4) is 22.8 Å². The van der Waals surface area contributed by atoms with E-state index in [2.05, 4.69) is 0 Å². The molecule has 0 unspecified atom stereocenters. The van der Waals surface area contributed by atoms with Gasteiger partial charge in [-0.05, 0) is 24.3 Å². The molecule has 7 nitrogen and oxygen atoms in total. The first-order valence-electron chi connectivity index (χ1n) is 8.05. The zero-order valence-electron chi connectivity index (χ0n) is 15.1. The number of para-hydroxylation sites is 2. The molecule has 3 aromatic rings. The lowest BCUT2D eigenvalue weighted by Crippen LogP contribution is -2.18. The van der Waals surface area contributed by atoms with Crippen molar-refractivity contribution in [1.82, 2.24) is 0 Å². The van der Waals surface area contributed by atoms with E-state index in [4.69, 9.17) is 23.4 Å². The van der Waals surface area contributed by atoms with Gasteiger partial charge in [0.25, 0.3) is 0 Å². The molecule has 0 fully saturated rings. The highest BCUT2D eigenvalue weighted by Gasteiger charge is 2.26. The topological polar surface area (TPSA) is 84.2 Å². The van der Waals surface area contributed by atoms with Gasteiger partial charge < -0.3 is 23.4 Å². The third-order valence-corrected chi connectivity index (χ3v) is 3.95. The Bertz CT molecular complexity index is 1040. The molecule has 1 aromatic heterocycles. The fourth-order valence-electron chi connectivity index (χ4n) is 2.74. The summed E-state index contributed by atoms with van der Waals surface area (Å²) in [6.07, 6.45) is 0. The van der Waals surface area contributed by atoms with Crippen LogP contribution in [-0.4, -0.2) is 34.1 Å². The molecule has 7 heteroatoms. The van der Waals surface area contributed by atoms with Gasteiger partial charge in [0, 0.05) is 7.11 Å². The minimum atomic E-state index is -0.801. The molecule has 0 radical (unpaired) electrons. The van der Waals surface area contributed by atoms with Crippen molar-refractivity contribution in [2.45, 2.75) is 0 Å². The van der Waals surface area contributed by atoms with E-state index in [1.54, 1.807) is 42.5 Å². The second kappa shape index (κ2) is 7.92. The van der Waals surface area contributed by atoms with Gasteiger partial charge in [-0.25, -0.2) is 4.79 Å². The zero-order chi connectivity index (χ0) is 19.4. The molecule has 0 saturated heterocycles. The van der Waals surface area contributed by atoms with E-state index >= 15 is 0 Å². The van der Waals surface area contributed by atoms with Gasteiger partial charge in [-0.3, -0.25) is 4.79 Å². The van der Waals surface area contributed by atoms with Gasteiger partial charge in [-0.1, -0.05) is 18.2 Å². The van der Waals surface area contributed by atoms with Gasteiger partial charge in [0.2, 0.25) is 5.43 Å². The highest BCUT2D eigenvalue weighted by molar-refractivity contribution is 5.99. The molecule has 0 N–H and O–H groups in total. The van der Waals surface area contributed by atoms with E-state index in [0.29, 0.717) is 16.9 Å². The molecule has 1 heterocycles. The highest BCUT2D eigenvalue weighted by Crippen LogP contribution is 2.40. The summed E-state index contributed by atoms with van der Waals surface area (Å²) in [5.74, 6) is -0.0813. The largest absolute Gasteiger partial charge is 0.493 e. The van der Waals surface area contributed by atoms with Crippen molar-refractivity contribution in [2.24, 2.45) is 0 Å². The number of benzene rings is 2. The van der Waals surface area contributed by atoms with E-state index in [-0.39, 0.29) is 29.3 Å². The Kier molecular flexibility index (Phi) is 5.42. The third kappa shape index (κ3) is 3.37. The first-order chi connectivity index (χ1) is 13.1. The quantitative estimate of drug-likeness (QED) is 0.486. The molecule has 27 heavy (non-hydrogen) atoms. The molecule has 0 spiro atoms. The Balaban J connectivity index is 2.37. The standard InChI is InChI=1S/C20H18O7/c1-23-11-26-18-13(8-6-10-15(18)24-2)19-16(20(22)25-3)17(21)12-7-4-5-9-14(12)27-19/h4-10H,11H2,1-3H3. The predicted octanol–water partition coefficient (Wildman–Crippen LogP) is 3.24. The average molecular weight is 370 g/mol. The number of fused-ring (bicyclic) bond motifs is 1. The minimum absolute atomic E-state index is 0.0375. The number of esters is 1. The van der Waals surface area contributed by atoms with Gasteiger partial charge in [-0.15, -0.1) is 0 Å². The Morgan fingerprint density at radius 3 is 2.52 bits per heavy atom. The molecule has 0 saturated carbocycles. The number of rotatable bonds is 6. The first kappa shape index (κ1) is 18.5. The normalized spacial score (nSPS) is 10.6. The Morgan fingerprint density at radius 2 is 1.81 bits per heavy atom. The summed E-state index contributed by atoms with van der Waals surface area (Å²) in [5.41, 5.74) is 0.00579. The molecule has 2 aromatic carbocycles. The van der Waals surface area contributed by atoms with Gasteiger partial charge >= 0.3 is 5.97 Å². The maximum atomic E-state index is 12.9. The minimum Gasteiger partial charge on any atom is -0.493 e. The molecule has 0 aliphatic heterocycles.